The van der Waals surface area contributed by atoms with Gasteiger partial charge in [0.2, 0.25) is 5.95 Å². The quantitative estimate of drug-likeness (QED) is 0.291. The summed E-state index contributed by atoms with van der Waals surface area (Å²) in [5, 5.41) is 9.17. The number of ketones is 1. The van der Waals surface area contributed by atoms with Crippen LogP contribution in [0, 0.1) is 17.6 Å². The van der Waals surface area contributed by atoms with Gasteiger partial charge in [0.25, 0.3) is 0 Å². The average molecular weight is 355 g/mol. The Labute approximate surface area is 125 Å². The molecule has 1 aromatic heterocycles. The molecule has 10 heteroatoms. The van der Waals surface area contributed by atoms with Crippen molar-refractivity contribution < 1.29 is 53.3 Å². The van der Waals surface area contributed by atoms with Crippen molar-refractivity contribution in [3.8, 4) is 0 Å². The topological polar surface area (TPSA) is 50.2 Å². The number of halogens is 6. The molecular weight excluding hydrogens is 348 g/mol. The van der Waals surface area contributed by atoms with Crippen LogP contribution in [0.2, 0.25) is 0 Å². The summed E-state index contributed by atoms with van der Waals surface area (Å²) in [6, 6.07) is 0. The molecule has 1 N–H and O–H groups in total. The molecule has 1 heterocycles. The van der Waals surface area contributed by atoms with Crippen molar-refractivity contribution in [2.45, 2.75) is 20.0 Å². The summed E-state index contributed by atoms with van der Waals surface area (Å²) in [6.45, 7) is 1.57. The summed E-state index contributed by atoms with van der Waals surface area (Å²) in [5.41, 5.74) is -5.00. The maximum atomic E-state index is 13.7. The predicted octanol–water partition coefficient (Wildman–Crippen LogP) is 3.39. The van der Waals surface area contributed by atoms with Crippen LogP contribution in [0.4, 0.5) is 26.3 Å². The fraction of sp³-hybridized carbons (Fsp3) is 0.273. The summed E-state index contributed by atoms with van der Waals surface area (Å²) in [5.74, 6) is -8.67. The number of carbonyl (C=O) groups excluding carboxylic acids is 1. The standard InChI is InChI=1S/C11H7F6NO2.Fe/c1-3(19)5(4(2)20)6-7(12)9(11(15,16)17)18-10(14)8(6)13;/h19H,1-2H3;/b5-3+;. The first-order valence-electron chi connectivity index (χ1n) is 5.01. The normalized spacial score (nSPS) is 12.6. The Bertz CT molecular complexity index is 608. The van der Waals surface area contributed by atoms with E-state index in [-0.39, 0.29) is 17.1 Å². The van der Waals surface area contributed by atoms with Crippen LogP contribution < -0.4 is 0 Å². The van der Waals surface area contributed by atoms with E-state index in [1.165, 1.54) is 0 Å². The molecule has 1 aromatic rings. The first-order valence-corrected chi connectivity index (χ1v) is 5.01. The molecule has 0 aliphatic heterocycles. The molecule has 3 nitrogen and oxygen atoms in total. The Morgan fingerprint density at radius 2 is 1.57 bits per heavy atom. The van der Waals surface area contributed by atoms with Crippen molar-refractivity contribution in [1.29, 1.82) is 0 Å². The molecule has 0 unspecified atom stereocenters. The zero-order valence-corrected chi connectivity index (χ0v) is 11.5. The van der Waals surface area contributed by atoms with Crippen molar-refractivity contribution in [2.24, 2.45) is 0 Å². The second-order valence-corrected chi connectivity index (χ2v) is 3.77. The van der Waals surface area contributed by atoms with Gasteiger partial charge in [0.15, 0.2) is 23.1 Å². The Morgan fingerprint density at radius 1 is 1.10 bits per heavy atom. The Morgan fingerprint density at radius 3 is 1.90 bits per heavy atom. The number of pyridine rings is 1. The number of alkyl halides is 3. The maximum Gasteiger partial charge on any atom is 0.436 e. The molecule has 0 fully saturated rings. The van der Waals surface area contributed by atoms with E-state index in [2.05, 4.69) is 4.98 Å². The van der Waals surface area contributed by atoms with Crippen molar-refractivity contribution in [1.82, 2.24) is 4.98 Å². The van der Waals surface area contributed by atoms with Gasteiger partial charge in [-0.2, -0.15) is 17.6 Å². The maximum absolute atomic E-state index is 13.7. The van der Waals surface area contributed by atoms with Gasteiger partial charge in [-0.05, 0) is 13.8 Å². The molecule has 0 bridgehead atoms. The number of allylic oxidation sites excluding steroid dienone is 2. The van der Waals surface area contributed by atoms with E-state index in [0.717, 1.165) is 13.8 Å². The molecule has 0 spiro atoms. The van der Waals surface area contributed by atoms with Gasteiger partial charge in [-0.25, -0.2) is 13.8 Å². The number of rotatable bonds is 2. The smallest absolute Gasteiger partial charge is 0.436 e. The van der Waals surface area contributed by atoms with Gasteiger partial charge < -0.3 is 5.11 Å². The first kappa shape index (κ1) is 19.5. The molecule has 0 aliphatic rings. The van der Waals surface area contributed by atoms with Crippen molar-refractivity contribution in [3.05, 3.63) is 34.6 Å². The largest absolute Gasteiger partial charge is 0.512 e. The SMILES string of the molecule is CC(=O)/C(=C(/C)O)c1c(F)c(F)nc(C(F)(F)F)c1F.[Fe]. The summed E-state index contributed by atoms with van der Waals surface area (Å²) < 4.78 is 77.6. The van der Waals surface area contributed by atoms with Gasteiger partial charge in [-0.15, -0.1) is 0 Å². The molecule has 0 aromatic carbocycles. The van der Waals surface area contributed by atoms with Crippen molar-refractivity contribution in [3.63, 3.8) is 0 Å². The van der Waals surface area contributed by atoms with Crippen LogP contribution in [-0.4, -0.2) is 15.9 Å². The number of nitrogens with zero attached hydrogens (tertiary/aromatic N) is 1. The van der Waals surface area contributed by atoms with Crippen LogP contribution in [0.1, 0.15) is 25.1 Å². The minimum Gasteiger partial charge on any atom is -0.512 e. The summed E-state index contributed by atoms with van der Waals surface area (Å²) >= 11 is 0. The molecule has 0 aliphatic carbocycles. The molecule has 0 radical (unpaired) electrons. The third-order valence-electron chi connectivity index (χ3n) is 2.27. The summed E-state index contributed by atoms with van der Waals surface area (Å²) in [7, 11) is 0. The van der Waals surface area contributed by atoms with Gasteiger partial charge in [-0.3, -0.25) is 4.79 Å². The number of Topliss-reactive ketones (excluding diaryl/α,β-unsaturated/α-hetero) is 1. The number of carbonyl (C=O) groups is 1. The Hall–Kier alpha value is -1.54. The number of aliphatic hydroxyl groups excluding tert-OH is 1. The first-order chi connectivity index (χ1) is 8.98. The minimum absolute atomic E-state index is 0. The third-order valence-corrected chi connectivity index (χ3v) is 2.27. The number of hydrogen-bond donors (Lipinski definition) is 1. The fourth-order valence-electron chi connectivity index (χ4n) is 1.53. The zero-order valence-electron chi connectivity index (χ0n) is 10.4. The van der Waals surface area contributed by atoms with Crippen LogP contribution in [-0.2, 0) is 28.0 Å². The summed E-state index contributed by atoms with van der Waals surface area (Å²) in [6.07, 6.45) is -5.39. The minimum atomic E-state index is -5.39. The van der Waals surface area contributed by atoms with E-state index >= 15 is 0 Å². The van der Waals surface area contributed by atoms with E-state index < -0.39 is 52.1 Å². The van der Waals surface area contributed by atoms with Crippen LogP contribution in [0.15, 0.2) is 5.76 Å². The molecule has 0 amide bonds. The number of aliphatic hydroxyl groups is 1. The fourth-order valence-corrected chi connectivity index (χ4v) is 1.53. The molecule has 21 heavy (non-hydrogen) atoms. The molecule has 0 saturated carbocycles. The van der Waals surface area contributed by atoms with Crippen LogP contribution in [0.3, 0.4) is 0 Å². The molecule has 118 valence electrons. The van der Waals surface area contributed by atoms with E-state index in [1.54, 1.807) is 0 Å². The van der Waals surface area contributed by atoms with Crippen LogP contribution >= 0.6 is 0 Å². The van der Waals surface area contributed by atoms with E-state index in [0.29, 0.717) is 0 Å². The van der Waals surface area contributed by atoms with Gasteiger partial charge in [-0.1, -0.05) is 0 Å². The van der Waals surface area contributed by atoms with Crippen molar-refractivity contribution in [2.75, 3.05) is 0 Å². The van der Waals surface area contributed by atoms with E-state index in [9.17, 15) is 36.2 Å². The van der Waals surface area contributed by atoms with E-state index in [1.807, 2.05) is 0 Å². The number of aromatic nitrogens is 1. The van der Waals surface area contributed by atoms with E-state index in [4.69, 9.17) is 0 Å². The van der Waals surface area contributed by atoms with Gasteiger partial charge in [0.1, 0.15) is 5.76 Å². The van der Waals surface area contributed by atoms with Crippen LogP contribution in [0.5, 0.6) is 0 Å². The van der Waals surface area contributed by atoms with Gasteiger partial charge in [0.05, 0.1) is 11.1 Å². The monoisotopic (exact) mass is 355 g/mol. The third kappa shape index (κ3) is 3.76. The van der Waals surface area contributed by atoms with Gasteiger partial charge in [0, 0.05) is 17.1 Å². The second kappa shape index (κ2) is 6.48. The zero-order chi connectivity index (χ0) is 15.8. The van der Waals surface area contributed by atoms with Gasteiger partial charge >= 0.3 is 6.18 Å². The Balaban J connectivity index is 0.00000400. The van der Waals surface area contributed by atoms with Crippen LogP contribution in [0.25, 0.3) is 5.57 Å². The Kier molecular flexibility index (Phi) is 6.01. The average Bonchev–Trinajstić information content (AvgIpc) is 2.26. The van der Waals surface area contributed by atoms with Crippen molar-refractivity contribution >= 4 is 11.4 Å². The number of hydrogen-bond acceptors (Lipinski definition) is 3. The molecule has 0 atom stereocenters. The summed E-state index contributed by atoms with van der Waals surface area (Å²) in [4.78, 5) is 13.3. The molecule has 0 saturated heterocycles. The second-order valence-electron chi connectivity index (χ2n) is 3.77. The molecular formula is C11H7F6FeNO2. The predicted molar refractivity (Wildman–Crippen MR) is 55.0 cm³/mol. The molecule has 1 rings (SSSR count).